The SMILES string of the molecule is N[C@@H]1CCCC12CCN(c1ncc(Sc3cc(=O)[nH]c4ccccc34)c3nccn13)CC2. The van der Waals surface area contributed by atoms with Gasteiger partial charge in [-0.2, -0.15) is 0 Å². The number of nitrogens with zero attached hydrogens (tertiary/aromatic N) is 4. The molecule has 0 radical (unpaired) electrons. The molecule has 164 valence electrons. The average Bonchev–Trinajstić information content (AvgIpc) is 3.43. The minimum atomic E-state index is -0.109. The Labute approximate surface area is 190 Å². The maximum absolute atomic E-state index is 12.2. The summed E-state index contributed by atoms with van der Waals surface area (Å²) in [5, 5.41) is 1.01. The molecule has 2 aliphatic rings. The summed E-state index contributed by atoms with van der Waals surface area (Å²) in [5.41, 5.74) is 8.38. The smallest absolute Gasteiger partial charge is 0.249 e. The van der Waals surface area contributed by atoms with E-state index in [9.17, 15) is 4.79 Å². The number of aromatic amines is 1. The molecule has 4 aromatic rings. The molecule has 3 N–H and O–H groups in total. The number of piperidine rings is 1. The number of pyridine rings is 1. The van der Waals surface area contributed by atoms with Gasteiger partial charge in [-0.3, -0.25) is 9.20 Å². The van der Waals surface area contributed by atoms with E-state index in [1.54, 1.807) is 6.07 Å². The predicted molar refractivity (Wildman–Crippen MR) is 127 cm³/mol. The highest BCUT2D eigenvalue weighted by atomic mass is 32.2. The van der Waals surface area contributed by atoms with Crippen molar-refractivity contribution in [2.75, 3.05) is 18.0 Å². The molecule has 0 amide bonds. The number of anilines is 1. The van der Waals surface area contributed by atoms with Crippen molar-refractivity contribution in [1.82, 2.24) is 19.4 Å². The number of nitrogens with one attached hydrogen (secondary N) is 1. The molecule has 1 aliphatic heterocycles. The first-order valence-electron chi connectivity index (χ1n) is 11.3. The van der Waals surface area contributed by atoms with Crippen molar-refractivity contribution in [3.8, 4) is 0 Å². The van der Waals surface area contributed by atoms with Gasteiger partial charge in [0, 0.05) is 59.6 Å². The zero-order valence-corrected chi connectivity index (χ0v) is 18.6. The highest BCUT2D eigenvalue weighted by Gasteiger charge is 2.43. The summed E-state index contributed by atoms with van der Waals surface area (Å²) >= 11 is 1.54. The van der Waals surface area contributed by atoms with Gasteiger partial charge in [0.25, 0.3) is 0 Å². The van der Waals surface area contributed by atoms with Crippen LogP contribution in [0, 0.1) is 5.41 Å². The van der Waals surface area contributed by atoms with E-state index in [-0.39, 0.29) is 5.56 Å². The first-order chi connectivity index (χ1) is 15.6. The Hall–Kier alpha value is -2.84. The van der Waals surface area contributed by atoms with Gasteiger partial charge in [0.05, 0.1) is 4.90 Å². The van der Waals surface area contributed by atoms with Crippen molar-refractivity contribution >= 4 is 34.3 Å². The second-order valence-electron chi connectivity index (χ2n) is 9.04. The van der Waals surface area contributed by atoms with Crippen molar-refractivity contribution in [1.29, 1.82) is 0 Å². The number of hydrogen-bond donors (Lipinski definition) is 2. The lowest BCUT2D eigenvalue weighted by Crippen LogP contribution is -2.47. The molecule has 1 aromatic carbocycles. The molecule has 0 bridgehead atoms. The quantitative estimate of drug-likeness (QED) is 0.497. The van der Waals surface area contributed by atoms with E-state index < -0.39 is 0 Å². The second kappa shape index (κ2) is 7.64. The molecule has 6 rings (SSSR count). The van der Waals surface area contributed by atoms with Crippen LogP contribution in [-0.4, -0.2) is 38.5 Å². The molecule has 2 fully saturated rings. The van der Waals surface area contributed by atoms with Gasteiger partial charge in [-0.05, 0) is 37.2 Å². The summed E-state index contributed by atoms with van der Waals surface area (Å²) in [7, 11) is 0. The summed E-state index contributed by atoms with van der Waals surface area (Å²) in [6, 6.07) is 9.85. The fraction of sp³-hybridized carbons (Fsp3) is 0.375. The van der Waals surface area contributed by atoms with Crippen molar-refractivity contribution < 1.29 is 0 Å². The Bertz CT molecular complexity index is 1350. The van der Waals surface area contributed by atoms with Gasteiger partial charge in [-0.1, -0.05) is 36.4 Å². The Morgan fingerprint density at radius 3 is 2.78 bits per heavy atom. The normalized spacial score (nSPS) is 20.5. The zero-order valence-electron chi connectivity index (χ0n) is 17.8. The minimum Gasteiger partial charge on any atom is -0.342 e. The summed E-state index contributed by atoms with van der Waals surface area (Å²) in [6.45, 7) is 1.94. The second-order valence-corrected chi connectivity index (χ2v) is 10.1. The summed E-state index contributed by atoms with van der Waals surface area (Å²) in [4.78, 5) is 28.7. The maximum atomic E-state index is 12.2. The molecule has 3 aromatic heterocycles. The number of H-pyrrole nitrogens is 1. The fourth-order valence-electron chi connectivity index (χ4n) is 5.50. The van der Waals surface area contributed by atoms with E-state index in [4.69, 9.17) is 10.7 Å². The lowest BCUT2D eigenvalue weighted by atomic mass is 9.74. The van der Waals surface area contributed by atoms with Gasteiger partial charge >= 0.3 is 0 Å². The minimum absolute atomic E-state index is 0.109. The van der Waals surface area contributed by atoms with Crippen LogP contribution < -0.4 is 16.2 Å². The number of benzene rings is 1. The Kier molecular flexibility index (Phi) is 4.73. The van der Waals surface area contributed by atoms with Gasteiger partial charge in [0.15, 0.2) is 5.65 Å². The number of aromatic nitrogens is 4. The molecular weight excluding hydrogens is 420 g/mol. The van der Waals surface area contributed by atoms with Gasteiger partial charge < -0.3 is 15.6 Å². The first kappa shape index (κ1) is 19.8. The Balaban J connectivity index is 1.32. The number of hydrogen-bond acceptors (Lipinski definition) is 6. The standard InChI is InChI=1S/C24H26N6OS/c25-20-6-3-7-24(20)8-11-29(12-9-24)23-27-15-19(22-26-10-13-30(22)23)32-18-14-21(31)28-17-5-2-1-4-16(17)18/h1-2,4-5,10,13-15,20H,3,6-9,11-12,25H2,(H,28,31)/t20-/m1/s1. The van der Waals surface area contributed by atoms with E-state index in [0.717, 1.165) is 64.6 Å². The number of nitrogens with two attached hydrogens (primary N) is 1. The first-order valence-corrected chi connectivity index (χ1v) is 12.1. The summed E-state index contributed by atoms with van der Waals surface area (Å²) < 4.78 is 2.07. The summed E-state index contributed by atoms with van der Waals surface area (Å²) in [5.74, 6) is 0.930. The molecule has 1 saturated carbocycles. The fourth-order valence-corrected chi connectivity index (χ4v) is 6.54. The summed E-state index contributed by atoms with van der Waals surface area (Å²) in [6.07, 6.45) is 11.6. The molecule has 8 heteroatoms. The molecule has 1 spiro atoms. The molecule has 7 nitrogen and oxygen atoms in total. The molecule has 32 heavy (non-hydrogen) atoms. The van der Waals surface area contributed by atoms with E-state index in [1.807, 2.05) is 42.9 Å². The number of fused-ring (bicyclic) bond motifs is 2. The molecule has 1 saturated heterocycles. The predicted octanol–water partition coefficient (Wildman–Crippen LogP) is 3.82. The highest BCUT2D eigenvalue weighted by Crippen LogP contribution is 2.46. The third kappa shape index (κ3) is 3.20. The third-order valence-electron chi connectivity index (χ3n) is 7.32. The van der Waals surface area contributed by atoms with Crippen LogP contribution in [0.15, 0.2) is 63.5 Å². The van der Waals surface area contributed by atoms with Crippen LogP contribution >= 0.6 is 11.8 Å². The van der Waals surface area contributed by atoms with Crippen molar-refractivity contribution in [3.05, 3.63) is 59.3 Å². The lowest BCUT2D eigenvalue weighted by Gasteiger charge is -2.42. The van der Waals surface area contributed by atoms with Crippen LogP contribution in [0.4, 0.5) is 5.95 Å². The van der Waals surface area contributed by atoms with E-state index >= 15 is 0 Å². The van der Waals surface area contributed by atoms with Crippen LogP contribution in [0.3, 0.4) is 0 Å². The number of para-hydroxylation sites is 1. The highest BCUT2D eigenvalue weighted by molar-refractivity contribution is 7.99. The maximum Gasteiger partial charge on any atom is 0.249 e. The van der Waals surface area contributed by atoms with Gasteiger partial charge in [0.2, 0.25) is 11.5 Å². The van der Waals surface area contributed by atoms with Gasteiger partial charge in [0.1, 0.15) is 0 Å². The van der Waals surface area contributed by atoms with Crippen molar-refractivity contribution in [2.45, 2.75) is 47.9 Å². The van der Waals surface area contributed by atoms with Gasteiger partial charge in [-0.25, -0.2) is 9.97 Å². The molecule has 4 heterocycles. The van der Waals surface area contributed by atoms with Crippen LogP contribution in [0.1, 0.15) is 32.1 Å². The van der Waals surface area contributed by atoms with Crippen LogP contribution in [-0.2, 0) is 0 Å². The van der Waals surface area contributed by atoms with E-state index in [1.165, 1.54) is 24.6 Å². The lowest BCUT2D eigenvalue weighted by molar-refractivity contribution is 0.197. The Morgan fingerprint density at radius 1 is 1.12 bits per heavy atom. The Morgan fingerprint density at radius 2 is 1.97 bits per heavy atom. The number of imidazole rings is 1. The molecule has 0 unspecified atom stereocenters. The topological polar surface area (TPSA) is 92.3 Å². The van der Waals surface area contributed by atoms with Crippen LogP contribution in [0.5, 0.6) is 0 Å². The molecule has 1 atom stereocenters. The van der Waals surface area contributed by atoms with Gasteiger partial charge in [-0.15, -0.1) is 0 Å². The molecule has 1 aliphatic carbocycles. The third-order valence-corrected chi connectivity index (χ3v) is 8.39. The zero-order chi connectivity index (χ0) is 21.7. The van der Waals surface area contributed by atoms with Crippen molar-refractivity contribution in [3.63, 3.8) is 0 Å². The van der Waals surface area contributed by atoms with E-state index in [2.05, 4.69) is 19.3 Å². The van der Waals surface area contributed by atoms with Crippen molar-refractivity contribution in [2.24, 2.45) is 11.1 Å². The largest absolute Gasteiger partial charge is 0.342 e. The van der Waals surface area contributed by atoms with Crippen LogP contribution in [0.2, 0.25) is 0 Å². The number of rotatable bonds is 3. The van der Waals surface area contributed by atoms with E-state index in [0.29, 0.717) is 11.5 Å². The monoisotopic (exact) mass is 446 g/mol. The van der Waals surface area contributed by atoms with Crippen LogP contribution in [0.25, 0.3) is 16.6 Å². The molecular formula is C24H26N6OS. The average molecular weight is 447 g/mol.